The second-order valence-electron chi connectivity index (χ2n) is 4.66. The first-order chi connectivity index (χ1) is 8.15. The first-order valence-electron chi connectivity index (χ1n) is 6.00. The number of ether oxygens (including phenoxy) is 1. The summed E-state index contributed by atoms with van der Waals surface area (Å²) in [6.45, 7) is 1.69. The minimum Gasteiger partial charge on any atom is -0.469 e. The van der Waals surface area contributed by atoms with Gasteiger partial charge in [-0.15, -0.1) is 0 Å². The molecule has 0 spiro atoms. The quantitative estimate of drug-likeness (QED) is 0.814. The molecule has 3 heteroatoms. The van der Waals surface area contributed by atoms with Crippen molar-refractivity contribution in [3.8, 4) is 0 Å². The molecule has 1 fully saturated rings. The lowest BCUT2D eigenvalue weighted by Crippen LogP contribution is -2.21. The standard InChI is InChI=1S/C14H18O3/c1-9(14(16)17-2)13(15)12-6-4-3-5-11(12)10-7-8-10/h3-6,9-10,13,15H,7-8H2,1-2H3. The predicted octanol–water partition coefficient (Wildman–Crippen LogP) is 2.41. The van der Waals surface area contributed by atoms with Crippen molar-refractivity contribution in [2.75, 3.05) is 7.11 Å². The van der Waals surface area contributed by atoms with Gasteiger partial charge in [0.05, 0.1) is 19.1 Å². The van der Waals surface area contributed by atoms with Crippen LogP contribution in [0.5, 0.6) is 0 Å². The molecule has 3 nitrogen and oxygen atoms in total. The average molecular weight is 234 g/mol. The Morgan fingerprint density at radius 2 is 2.06 bits per heavy atom. The summed E-state index contributed by atoms with van der Waals surface area (Å²) in [7, 11) is 1.35. The van der Waals surface area contributed by atoms with Gasteiger partial charge < -0.3 is 9.84 Å². The van der Waals surface area contributed by atoms with Gasteiger partial charge in [0.2, 0.25) is 0 Å². The molecule has 2 unspecified atom stereocenters. The molecular weight excluding hydrogens is 216 g/mol. The van der Waals surface area contributed by atoms with Crippen molar-refractivity contribution < 1.29 is 14.6 Å². The molecule has 1 aliphatic carbocycles. The molecule has 92 valence electrons. The highest BCUT2D eigenvalue weighted by atomic mass is 16.5. The van der Waals surface area contributed by atoms with Crippen molar-refractivity contribution in [2.24, 2.45) is 5.92 Å². The highest BCUT2D eigenvalue weighted by Crippen LogP contribution is 2.43. The minimum absolute atomic E-state index is 0.372. The summed E-state index contributed by atoms with van der Waals surface area (Å²) < 4.78 is 4.67. The van der Waals surface area contributed by atoms with E-state index in [2.05, 4.69) is 4.74 Å². The molecule has 1 aliphatic rings. The van der Waals surface area contributed by atoms with E-state index in [-0.39, 0.29) is 5.97 Å². The van der Waals surface area contributed by atoms with Crippen LogP contribution >= 0.6 is 0 Å². The van der Waals surface area contributed by atoms with Gasteiger partial charge in [-0.3, -0.25) is 4.79 Å². The number of aliphatic hydroxyl groups excluding tert-OH is 1. The summed E-state index contributed by atoms with van der Waals surface area (Å²) in [6, 6.07) is 7.82. The Bertz CT molecular complexity index is 410. The molecule has 2 rings (SSSR count). The van der Waals surface area contributed by atoms with Crippen LogP contribution in [-0.2, 0) is 9.53 Å². The Labute approximate surface area is 101 Å². The Kier molecular flexibility index (Phi) is 3.48. The SMILES string of the molecule is COC(=O)C(C)C(O)c1ccccc1C1CC1. The Morgan fingerprint density at radius 3 is 2.65 bits per heavy atom. The predicted molar refractivity (Wildman–Crippen MR) is 64.6 cm³/mol. The molecule has 1 saturated carbocycles. The smallest absolute Gasteiger partial charge is 0.311 e. The number of hydrogen-bond donors (Lipinski definition) is 1. The maximum atomic E-state index is 11.4. The van der Waals surface area contributed by atoms with Gasteiger partial charge in [-0.2, -0.15) is 0 Å². The van der Waals surface area contributed by atoms with Crippen molar-refractivity contribution in [2.45, 2.75) is 31.8 Å². The van der Waals surface area contributed by atoms with E-state index >= 15 is 0 Å². The summed E-state index contributed by atoms with van der Waals surface area (Å²) in [5.74, 6) is -0.339. The van der Waals surface area contributed by atoms with Crippen molar-refractivity contribution in [1.82, 2.24) is 0 Å². The van der Waals surface area contributed by atoms with Crippen molar-refractivity contribution in [3.63, 3.8) is 0 Å². The number of aliphatic hydroxyl groups is 1. The van der Waals surface area contributed by atoms with E-state index in [0.717, 1.165) is 5.56 Å². The third-order valence-electron chi connectivity index (χ3n) is 3.38. The molecule has 1 aromatic rings. The third kappa shape index (κ3) is 2.50. The largest absolute Gasteiger partial charge is 0.469 e. The average Bonchev–Trinajstić information content (AvgIpc) is 3.20. The molecule has 0 radical (unpaired) electrons. The van der Waals surface area contributed by atoms with Crippen molar-refractivity contribution >= 4 is 5.97 Å². The Morgan fingerprint density at radius 1 is 1.41 bits per heavy atom. The molecular formula is C14H18O3. The monoisotopic (exact) mass is 234 g/mol. The van der Waals surface area contributed by atoms with Gasteiger partial charge in [-0.05, 0) is 36.8 Å². The number of benzene rings is 1. The van der Waals surface area contributed by atoms with Gasteiger partial charge in [-0.1, -0.05) is 24.3 Å². The second kappa shape index (κ2) is 4.88. The second-order valence-corrected chi connectivity index (χ2v) is 4.66. The van der Waals surface area contributed by atoms with E-state index in [0.29, 0.717) is 5.92 Å². The van der Waals surface area contributed by atoms with Gasteiger partial charge in [0.1, 0.15) is 0 Å². The fourth-order valence-electron chi connectivity index (χ4n) is 2.13. The molecule has 17 heavy (non-hydrogen) atoms. The zero-order valence-electron chi connectivity index (χ0n) is 10.2. The first kappa shape index (κ1) is 12.1. The van der Waals surface area contributed by atoms with E-state index in [1.54, 1.807) is 6.92 Å². The Hall–Kier alpha value is -1.35. The number of methoxy groups -OCH3 is 1. The van der Waals surface area contributed by atoms with Gasteiger partial charge in [0, 0.05) is 0 Å². The van der Waals surface area contributed by atoms with Crippen LogP contribution in [0, 0.1) is 5.92 Å². The highest BCUT2D eigenvalue weighted by Gasteiger charge is 2.31. The zero-order chi connectivity index (χ0) is 12.4. The molecule has 0 amide bonds. The zero-order valence-corrected chi connectivity index (χ0v) is 10.2. The van der Waals surface area contributed by atoms with Gasteiger partial charge in [0.15, 0.2) is 0 Å². The molecule has 0 saturated heterocycles. The molecule has 0 aliphatic heterocycles. The van der Waals surface area contributed by atoms with Gasteiger partial charge in [-0.25, -0.2) is 0 Å². The van der Waals surface area contributed by atoms with Crippen LogP contribution in [0.3, 0.4) is 0 Å². The van der Waals surface area contributed by atoms with E-state index in [1.165, 1.54) is 25.5 Å². The van der Waals surface area contributed by atoms with E-state index in [1.807, 2.05) is 24.3 Å². The number of carbonyl (C=O) groups excluding carboxylic acids is 1. The number of carbonyl (C=O) groups is 1. The van der Waals surface area contributed by atoms with E-state index in [9.17, 15) is 9.90 Å². The molecule has 0 bridgehead atoms. The summed E-state index contributed by atoms with van der Waals surface area (Å²) in [5, 5.41) is 10.2. The number of esters is 1. The highest BCUT2D eigenvalue weighted by molar-refractivity contribution is 5.72. The maximum absolute atomic E-state index is 11.4. The van der Waals surface area contributed by atoms with Crippen LogP contribution in [0.15, 0.2) is 24.3 Å². The summed E-state index contributed by atoms with van der Waals surface area (Å²) >= 11 is 0. The molecule has 0 aromatic heterocycles. The van der Waals surface area contributed by atoms with Crippen LogP contribution in [-0.4, -0.2) is 18.2 Å². The van der Waals surface area contributed by atoms with Crippen molar-refractivity contribution in [3.05, 3.63) is 35.4 Å². The van der Waals surface area contributed by atoms with E-state index in [4.69, 9.17) is 0 Å². The van der Waals surface area contributed by atoms with Gasteiger partial charge in [0.25, 0.3) is 0 Å². The Balaban J connectivity index is 2.23. The molecule has 0 heterocycles. The van der Waals surface area contributed by atoms with E-state index < -0.39 is 12.0 Å². The fourth-order valence-corrected chi connectivity index (χ4v) is 2.13. The summed E-state index contributed by atoms with van der Waals surface area (Å²) in [5.41, 5.74) is 2.05. The van der Waals surface area contributed by atoms with Crippen LogP contribution in [0.25, 0.3) is 0 Å². The van der Waals surface area contributed by atoms with Crippen LogP contribution in [0.2, 0.25) is 0 Å². The lowest BCUT2D eigenvalue weighted by molar-refractivity contribution is -0.148. The maximum Gasteiger partial charge on any atom is 0.311 e. The summed E-state index contributed by atoms with van der Waals surface area (Å²) in [6.07, 6.45) is 1.58. The van der Waals surface area contributed by atoms with Crippen molar-refractivity contribution in [1.29, 1.82) is 0 Å². The van der Waals surface area contributed by atoms with Crippen LogP contribution in [0.4, 0.5) is 0 Å². The van der Waals surface area contributed by atoms with Gasteiger partial charge >= 0.3 is 5.97 Å². The number of rotatable bonds is 4. The summed E-state index contributed by atoms with van der Waals surface area (Å²) in [4.78, 5) is 11.4. The topological polar surface area (TPSA) is 46.5 Å². The lowest BCUT2D eigenvalue weighted by Gasteiger charge is -2.19. The molecule has 2 atom stereocenters. The van der Waals surface area contributed by atoms with Crippen LogP contribution < -0.4 is 0 Å². The lowest BCUT2D eigenvalue weighted by atomic mass is 9.92. The molecule has 1 aromatic carbocycles. The third-order valence-corrected chi connectivity index (χ3v) is 3.38. The molecule has 1 N–H and O–H groups in total. The number of hydrogen-bond acceptors (Lipinski definition) is 3. The fraction of sp³-hybridized carbons (Fsp3) is 0.500. The minimum atomic E-state index is -0.778. The first-order valence-corrected chi connectivity index (χ1v) is 6.00. The van der Waals surface area contributed by atoms with Crippen LogP contribution in [0.1, 0.15) is 42.9 Å². The normalized spacial score (nSPS) is 18.5.